The lowest BCUT2D eigenvalue weighted by Gasteiger charge is -2.07. The van der Waals surface area contributed by atoms with Gasteiger partial charge in [0.05, 0.1) is 10.1 Å². The van der Waals surface area contributed by atoms with Gasteiger partial charge >= 0.3 is 0 Å². The smallest absolute Gasteiger partial charge is 0.286 e. The third-order valence-electron chi connectivity index (χ3n) is 3.66. The average molecular weight is 360 g/mol. The number of nitrogens with one attached hydrogen (secondary N) is 2. The van der Waals surface area contributed by atoms with Crippen LogP contribution in [0.4, 0.5) is 4.79 Å². The lowest BCUT2D eigenvalue weighted by molar-refractivity contribution is -0.118. The van der Waals surface area contributed by atoms with E-state index in [1.54, 1.807) is 6.07 Å². The molecule has 5 nitrogen and oxygen atoms in total. The van der Waals surface area contributed by atoms with Crippen molar-refractivity contribution < 1.29 is 14.4 Å². The number of thioether (sulfide) groups is 1. The first-order chi connectivity index (χ1) is 11.6. The summed E-state index contributed by atoms with van der Waals surface area (Å²) < 4.78 is 0. The second-order valence-electron chi connectivity index (χ2n) is 5.39. The molecule has 0 unspecified atom stereocenters. The van der Waals surface area contributed by atoms with E-state index in [1.807, 2.05) is 35.7 Å². The van der Waals surface area contributed by atoms with Gasteiger partial charge in [0.1, 0.15) is 0 Å². The van der Waals surface area contributed by atoms with Crippen molar-refractivity contribution >= 4 is 40.2 Å². The molecule has 1 saturated heterocycles. The summed E-state index contributed by atoms with van der Waals surface area (Å²) in [6.07, 6.45) is 1.28. The molecule has 1 aromatic carbocycles. The summed E-state index contributed by atoms with van der Waals surface area (Å²) in [4.78, 5) is 35.3. The van der Waals surface area contributed by atoms with Gasteiger partial charge in [-0.25, -0.2) is 0 Å². The minimum Gasteiger partial charge on any atom is -0.351 e. The molecule has 2 N–H and O–H groups in total. The summed E-state index contributed by atoms with van der Waals surface area (Å²) in [6.45, 7) is 0.575. The molecule has 0 saturated carbocycles. The van der Waals surface area contributed by atoms with E-state index in [0.717, 1.165) is 29.3 Å². The maximum Gasteiger partial charge on any atom is 0.286 e. The molecule has 3 amide bonds. The van der Waals surface area contributed by atoms with E-state index in [0.29, 0.717) is 17.8 Å². The van der Waals surface area contributed by atoms with Crippen molar-refractivity contribution in [2.45, 2.75) is 18.1 Å². The van der Waals surface area contributed by atoms with Crippen LogP contribution in [0.5, 0.6) is 0 Å². The lowest BCUT2D eigenvalue weighted by atomic mass is 10.1. The van der Waals surface area contributed by atoms with Crippen LogP contribution < -0.4 is 10.6 Å². The van der Waals surface area contributed by atoms with Gasteiger partial charge in [0.15, 0.2) is 0 Å². The first-order valence-electron chi connectivity index (χ1n) is 7.53. The van der Waals surface area contributed by atoms with Crippen LogP contribution in [0.3, 0.4) is 0 Å². The summed E-state index contributed by atoms with van der Waals surface area (Å²) in [5.74, 6) is -0.263. The van der Waals surface area contributed by atoms with Gasteiger partial charge in [0.2, 0.25) is 5.91 Å². The lowest BCUT2D eigenvalue weighted by Crippen LogP contribution is -2.25. The maximum absolute atomic E-state index is 11.8. The van der Waals surface area contributed by atoms with Crippen molar-refractivity contribution in [3.05, 3.63) is 57.8 Å². The Labute approximate surface area is 147 Å². The Morgan fingerprint density at radius 2 is 1.88 bits per heavy atom. The van der Waals surface area contributed by atoms with Crippen LogP contribution in [0, 0.1) is 0 Å². The number of rotatable bonds is 6. The molecular formula is C17H16N2O3S2. The summed E-state index contributed by atoms with van der Waals surface area (Å²) in [7, 11) is 0. The highest BCUT2D eigenvalue weighted by molar-refractivity contribution is 8.15. The van der Waals surface area contributed by atoms with Crippen molar-refractivity contribution in [1.29, 1.82) is 0 Å². The van der Waals surface area contributed by atoms with Crippen LogP contribution in [-0.2, 0) is 17.6 Å². The Morgan fingerprint density at radius 3 is 2.50 bits per heavy atom. The molecule has 1 atom stereocenters. The number of imide groups is 1. The molecule has 1 fully saturated rings. The molecule has 24 heavy (non-hydrogen) atoms. The Kier molecular flexibility index (Phi) is 5.32. The predicted octanol–water partition coefficient (Wildman–Crippen LogP) is 2.61. The Balaban J connectivity index is 1.47. The van der Waals surface area contributed by atoms with E-state index in [2.05, 4.69) is 10.6 Å². The molecule has 2 aromatic rings. The van der Waals surface area contributed by atoms with Crippen LogP contribution in [0.15, 0.2) is 41.8 Å². The van der Waals surface area contributed by atoms with E-state index in [-0.39, 0.29) is 22.3 Å². The van der Waals surface area contributed by atoms with Gasteiger partial charge in [-0.2, -0.15) is 0 Å². The molecule has 124 valence electrons. The topological polar surface area (TPSA) is 75.3 Å². The zero-order chi connectivity index (χ0) is 16.9. The molecule has 0 bridgehead atoms. The van der Waals surface area contributed by atoms with Gasteiger partial charge in [0.25, 0.3) is 11.1 Å². The molecule has 2 heterocycles. The Hall–Kier alpha value is -2.12. The highest BCUT2D eigenvalue weighted by Gasteiger charge is 2.31. The summed E-state index contributed by atoms with van der Waals surface area (Å²) in [5, 5.41) is 6.45. The van der Waals surface area contributed by atoms with Crippen molar-refractivity contribution in [2.75, 3.05) is 6.54 Å². The number of thiophene rings is 1. The third-order valence-corrected chi connectivity index (χ3v) is 5.51. The van der Waals surface area contributed by atoms with E-state index < -0.39 is 0 Å². The second-order valence-corrected chi connectivity index (χ2v) is 7.51. The van der Waals surface area contributed by atoms with Crippen LogP contribution in [0.1, 0.15) is 20.8 Å². The first kappa shape index (κ1) is 16.7. The molecule has 1 aromatic heterocycles. The van der Waals surface area contributed by atoms with Gasteiger partial charge < -0.3 is 5.32 Å². The SMILES string of the molecule is O=C1NC(=O)[C@H](Cc2ccc(CCNC(=O)c3cccs3)cc2)S1. The molecule has 7 heteroatoms. The van der Waals surface area contributed by atoms with Crippen LogP contribution >= 0.6 is 23.1 Å². The standard InChI is InChI=1S/C17H16N2O3S2/c20-15(13-2-1-9-23-13)18-8-7-11-3-5-12(6-4-11)10-14-16(21)19-17(22)24-14/h1-6,9,14H,7-8,10H2,(H,18,20)(H,19,21,22)/t14-/m0/s1. The van der Waals surface area contributed by atoms with Crippen molar-refractivity contribution in [1.82, 2.24) is 10.6 Å². The normalized spacial score (nSPS) is 16.9. The Bertz CT molecular complexity index is 742. The Morgan fingerprint density at radius 1 is 1.12 bits per heavy atom. The quantitative estimate of drug-likeness (QED) is 0.830. The van der Waals surface area contributed by atoms with E-state index in [1.165, 1.54) is 11.3 Å². The molecule has 1 aliphatic rings. The van der Waals surface area contributed by atoms with Crippen molar-refractivity contribution in [2.24, 2.45) is 0 Å². The third kappa shape index (κ3) is 4.24. The first-order valence-corrected chi connectivity index (χ1v) is 9.29. The van der Waals surface area contributed by atoms with Gasteiger partial charge in [0, 0.05) is 6.54 Å². The van der Waals surface area contributed by atoms with E-state index in [4.69, 9.17) is 0 Å². The molecule has 0 aliphatic carbocycles. The fraction of sp³-hybridized carbons (Fsp3) is 0.235. The highest BCUT2D eigenvalue weighted by Crippen LogP contribution is 2.23. The van der Waals surface area contributed by atoms with Gasteiger partial charge in [-0.3, -0.25) is 19.7 Å². The number of benzene rings is 1. The second kappa shape index (κ2) is 7.63. The molecule has 1 aliphatic heterocycles. The summed E-state index contributed by atoms with van der Waals surface area (Å²) >= 11 is 2.47. The number of hydrogen-bond donors (Lipinski definition) is 2. The van der Waals surface area contributed by atoms with Crippen LogP contribution in [0.2, 0.25) is 0 Å². The zero-order valence-electron chi connectivity index (χ0n) is 12.8. The fourth-order valence-corrected chi connectivity index (χ4v) is 3.90. The minimum absolute atomic E-state index is 0.0458. The van der Waals surface area contributed by atoms with Gasteiger partial charge in [-0.1, -0.05) is 42.1 Å². The van der Waals surface area contributed by atoms with Gasteiger partial charge in [-0.05, 0) is 35.4 Å². The maximum atomic E-state index is 11.8. The summed E-state index contributed by atoms with van der Waals surface area (Å²) in [6, 6.07) is 11.6. The monoisotopic (exact) mass is 360 g/mol. The number of amides is 3. The van der Waals surface area contributed by atoms with E-state index in [9.17, 15) is 14.4 Å². The van der Waals surface area contributed by atoms with Gasteiger partial charge in [-0.15, -0.1) is 11.3 Å². The minimum atomic E-state index is -0.339. The molecule has 0 spiro atoms. The van der Waals surface area contributed by atoms with Crippen molar-refractivity contribution in [3.63, 3.8) is 0 Å². The average Bonchev–Trinajstić information content (AvgIpc) is 3.19. The van der Waals surface area contributed by atoms with E-state index >= 15 is 0 Å². The largest absolute Gasteiger partial charge is 0.351 e. The number of hydrogen-bond acceptors (Lipinski definition) is 5. The highest BCUT2D eigenvalue weighted by atomic mass is 32.2. The molecule has 3 rings (SSSR count). The summed E-state index contributed by atoms with van der Waals surface area (Å²) in [5.41, 5.74) is 2.13. The van der Waals surface area contributed by atoms with Crippen LogP contribution in [0.25, 0.3) is 0 Å². The van der Waals surface area contributed by atoms with Crippen LogP contribution in [-0.4, -0.2) is 28.8 Å². The fourth-order valence-electron chi connectivity index (χ4n) is 2.40. The number of carbonyl (C=O) groups is 3. The number of carbonyl (C=O) groups excluding carboxylic acids is 3. The predicted molar refractivity (Wildman–Crippen MR) is 95.4 cm³/mol. The van der Waals surface area contributed by atoms with Crippen molar-refractivity contribution in [3.8, 4) is 0 Å². The molecular weight excluding hydrogens is 344 g/mol. The zero-order valence-corrected chi connectivity index (χ0v) is 14.4. The molecule has 0 radical (unpaired) electrons.